The average molecular weight is 411 g/mol. The van der Waals surface area contributed by atoms with Gasteiger partial charge in [0.05, 0.1) is 23.6 Å². The highest BCUT2D eigenvalue weighted by Crippen LogP contribution is 2.41. The van der Waals surface area contributed by atoms with Gasteiger partial charge in [-0.2, -0.15) is 0 Å². The van der Waals surface area contributed by atoms with Crippen molar-refractivity contribution in [2.24, 2.45) is 0 Å². The van der Waals surface area contributed by atoms with Gasteiger partial charge in [-0.05, 0) is 55.8 Å². The van der Waals surface area contributed by atoms with E-state index in [9.17, 15) is 9.59 Å². The van der Waals surface area contributed by atoms with Crippen LogP contribution in [0.1, 0.15) is 40.2 Å². The van der Waals surface area contributed by atoms with Crippen LogP contribution >= 0.6 is 0 Å². The second-order valence-corrected chi connectivity index (χ2v) is 7.59. The number of ether oxygens (including phenoxy) is 1. The Morgan fingerprint density at radius 3 is 2.35 bits per heavy atom. The van der Waals surface area contributed by atoms with Gasteiger partial charge in [-0.3, -0.25) is 14.5 Å². The Kier molecular flexibility index (Phi) is 4.59. The lowest BCUT2D eigenvalue weighted by molar-refractivity contribution is 0.0971. The molecule has 0 fully saturated rings. The van der Waals surface area contributed by atoms with Crippen molar-refractivity contribution in [1.82, 2.24) is 0 Å². The molecule has 4 aromatic rings. The zero-order valence-electron chi connectivity index (χ0n) is 17.3. The molecule has 1 unspecified atom stereocenters. The van der Waals surface area contributed by atoms with E-state index in [1.54, 1.807) is 29.2 Å². The van der Waals surface area contributed by atoms with E-state index in [1.807, 2.05) is 62.4 Å². The molecule has 5 heteroatoms. The number of carbonyl (C=O) groups excluding carboxylic acids is 1. The third kappa shape index (κ3) is 3.10. The van der Waals surface area contributed by atoms with Crippen LogP contribution in [0.25, 0.3) is 11.0 Å². The number of amides is 1. The topological polar surface area (TPSA) is 59.8 Å². The summed E-state index contributed by atoms with van der Waals surface area (Å²) in [7, 11) is 0. The van der Waals surface area contributed by atoms with Crippen molar-refractivity contribution in [1.29, 1.82) is 0 Å². The maximum Gasteiger partial charge on any atom is 0.295 e. The molecule has 0 saturated heterocycles. The van der Waals surface area contributed by atoms with Gasteiger partial charge in [0.15, 0.2) is 5.43 Å². The average Bonchev–Trinajstić information content (AvgIpc) is 3.08. The second-order valence-electron chi connectivity index (χ2n) is 7.59. The van der Waals surface area contributed by atoms with Crippen molar-refractivity contribution in [2.75, 3.05) is 11.5 Å². The van der Waals surface area contributed by atoms with Crippen LogP contribution in [0.4, 0.5) is 5.69 Å². The van der Waals surface area contributed by atoms with E-state index in [4.69, 9.17) is 9.15 Å². The van der Waals surface area contributed by atoms with Crippen LogP contribution in [0.5, 0.6) is 5.75 Å². The minimum atomic E-state index is -0.582. The van der Waals surface area contributed by atoms with Crippen molar-refractivity contribution in [2.45, 2.75) is 19.9 Å². The number of nitrogens with zero attached hydrogens (tertiary/aromatic N) is 1. The first-order chi connectivity index (χ1) is 15.1. The fourth-order valence-corrected chi connectivity index (χ4v) is 4.12. The molecule has 1 atom stereocenters. The molecule has 0 bridgehead atoms. The van der Waals surface area contributed by atoms with Gasteiger partial charge in [-0.1, -0.05) is 42.0 Å². The van der Waals surface area contributed by atoms with E-state index in [1.165, 1.54) is 0 Å². The predicted molar refractivity (Wildman–Crippen MR) is 120 cm³/mol. The van der Waals surface area contributed by atoms with E-state index in [-0.39, 0.29) is 17.1 Å². The zero-order chi connectivity index (χ0) is 21.5. The zero-order valence-corrected chi connectivity index (χ0v) is 17.3. The summed E-state index contributed by atoms with van der Waals surface area (Å²) in [5.41, 5.74) is 3.22. The maximum atomic E-state index is 13.5. The molecule has 5 nitrogen and oxygen atoms in total. The van der Waals surface area contributed by atoms with Crippen LogP contribution in [0.2, 0.25) is 0 Å². The summed E-state index contributed by atoms with van der Waals surface area (Å²) in [4.78, 5) is 28.6. The molecular weight excluding hydrogens is 390 g/mol. The molecule has 0 N–H and O–H groups in total. The number of hydrogen-bond donors (Lipinski definition) is 0. The van der Waals surface area contributed by atoms with Crippen LogP contribution in [0, 0.1) is 6.92 Å². The largest absolute Gasteiger partial charge is 0.494 e. The van der Waals surface area contributed by atoms with Crippen LogP contribution in [0.15, 0.2) is 82.0 Å². The monoisotopic (exact) mass is 411 g/mol. The Labute approximate surface area is 179 Å². The highest BCUT2D eigenvalue weighted by atomic mass is 16.5. The minimum Gasteiger partial charge on any atom is -0.494 e. The molecule has 1 aliphatic rings. The van der Waals surface area contributed by atoms with Crippen molar-refractivity contribution in [3.05, 3.63) is 105 Å². The summed E-state index contributed by atoms with van der Waals surface area (Å²) >= 11 is 0. The Bertz CT molecular complexity index is 1340. The molecule has 31 heavy (non-hydrogen) atoms. The Morgan fingerprint density at radius 1 is 0.935 bits per heavy atom. The number of fused-ring (bicyclic) bond motifs is 2. The first-order valence-corrected chi connectivity index (χ1v) is 10.3. The van der Waals surface area contributed by atoms with Crippen LogP contribution in [-0.4, -0.2) is 12.5 Å². The van der Waals surface area contributed by atoms with Crippen LogP contribution in [0.3, 0.4) is 0 Å². The van der Waals surface area contributed by atoms with Crippen LogP contribution < -0.4 is 15.1 Å². The number of benzene rings is 3. The van der Waals surface area contributed by atoms with Crippen molar-refractivity contribution in [3.8, 4) is 5.75 Å². The normalized spacial score (nSPS) is 15.4. The van der Waals surface area contributed by atoms with Gasteiger partial charge in [0.2, 0.25) is 5.76 Å². The number of hydrogen-bond acceptors (Lipinski definition) is 4. The Morgan fingerprint density at radius 2 is 1.65 bits per heavy atom. The second kappa shape index (κ2) is 7.43. The molecule has 2 heterocycles. The van der Waals surface area contributed by atoms with Gasteiger partial charge in [-0.25, -0.2) is 0 Å². The van der Waals surface area contributed by atoms with Gasteiger partial charge < -0.3 is 9.15 Å². The van der Waals surface area contributed by atoms with E-state index >= 15 is 0 Å². The summed E-state index contributed by atoms with van der Waals surface area (Å²) in [6.07, 6.45) is 0. The molecule has 1 aromatic heterocycles. The third-order valence-electron chi connectivity index (χ3n) is 5.60. The molecular formula is C26H21NO4. The highest BCUT2D eigenvalue weighted by Gasteiger charge is 2.43. The molecule has 3 aromatic carbocycles. The molecule has 0 aliphatic carbocycles. The maximum absolute atomic E-state index is 13.5. The van der Waals surface area contributed by atoms with Crippen molar-refractivity contribution < 1.29 is 13.9 Å². The fraction of sp³-hybridized carbons (Fsp3) is 0.154. The van der Waals surface area contributed by atoms with Gasteiger partial charge in [0, 0.05) is 5.69 Å². The quantitative estimate of drug-likeness (QED) is 0.460. The van der Waals surface area contributed by atoms with Crippen molar-refractivity contribution >= 4 is 22.6 Å². The van der Waals surface area contributed by atoms with Gasteiger partial charge in [0.25, 0.3) is 5.91 Å². The first kappa shape index (κ1) is 19.1. The Hall–Kier alpha value is -3.86. The fourth-order valence-electron chi connectivity index (χ4n) is 4.12. The molecule has 1 aliphatic heterocycles. The summed E-state index contributed by atoms with van der Waals surface area (Å²) in [6.45, 7) is 4.48. The lowest BCUT2D eigenvalue weighted by Gasteiger charge is -2.25. The molecule has 1 amide bonds. The van der Waals surface area contributed by atoms with E-state index in [2.05, 4.69) is 0 Å². The molecule has 5 rings (SSSR count). The summed E-state index contributed by atoms with van der Waals surface area (Å²) in [6, 6.07) is 21.7. The molecule has 0 spiro atoms. The minimum absolute atomic E-state index is 0.100. The highest BCUT2D eigenvalue weighted by molar-refractivity contribution is 6.10. The number of rotatable bonds is 4. The van der Waals surface area contributed by atoms with Gasteiger partial charge in [0.1, 0.15) is 11.3 Å². The summed E-state index contributed by atoms with van der Waals surface area (Å²) in [5, 5.41) is 0.468. The van der Waals surface area contributed by atoms with Crippen LogP contribution in [-0.2, 0) is 0 Å². The molecule has 0 saturated carbocycles. The standard InChI is InChI=1S/C26H21NO4/c1-3-30-19-14-10-17(11-15-19)23-22-24(28)20-6-4-5-7-21(20)31-25(22)26(29)27(23)18-12-8-16(2)9-13-18/h4-15,23H,3H2,1-2H3. The number of anilines is 1. The van der Waals surface area contributed by atoms with Crippen molar-refractivity contribution in [3.63, 3.8) is 0 Å². The Balaban J connectivity index is 1.75. The summed E-state index contributed by atoms with van der Waals surface area (Å²) in [5.74, 6) is 0.520. The van der Waals surface area contributed by atoms with E-state index in [0.29, 0.717) is 28.8 Å². The van der Waals surface area contributed by atoms with Gasteiger partial charge in [-0.15, -0.1) is 0 Å². The molecule has 0 radical (unpaired) electrons. The van der Waals surface area contributed by atoms with Gasteiger partial charge >= 0.3 is 0 Å². The first-order valence-electron chi connectivity index (χ1n) is 10.3. The number of aryl methyl sites for hydroxylation is 1. The van der Waals surface area contributed by atoms with E-state index in [0.717, 1.165) is 16.9 Å². The molecule has 154 valence electrons. The summed E-state index contributed by atoms with van der Waals surface area (Å²) < 4.78 is 11.5. The number of para-hydroxylation sites is 1. The van der Waals surface area contributed by atoms with E-state index < -0.39 is 6.04 Å². The predicted octanol–water partition coefficient (Wildman–Crippen LogP) is 5.25. The number of carbonyl (C=O) groups is 1. The SMILES string of the molecule is CCOc1ccc(C2c3c(oc4ccccc4c3=O)C(=O)N2c2ccc(C)cc2)cc1. The lowest BCUT2D eigenvalue weighted by Crippen LogP contribution is -2.29. The lowest BCUT2D eigenvalue weighted by atomic mass is 9.98. The smallest absolute Gasteiger partial charge is 0.295 e. The third-order valence-corrected chi connectivity index (χ3v) is 5.60.